The zero-order valence-corrected chi connectivity index (χ0v) is 6.81. The van der Waals surface area contributed by atoms with E-state index < -0.39 is 10.9 Å². The number of esters is 1. The molecule has 5 heteroatoms. The number of rotatable bonds is 2. The van der Waals surface area contributed by atoms with Gasteiger partial charge < -0.3 is 4.74 Å². The lowest BCUT2D eigenvalue weighted by molar-refractivity contribution is -0.384. The van der Waals surface area contributed by atoms with Crippen LogP contribution in [-0.2, 0) is 4.79 Å². The van der Waals surface area contributed by atoms with Gasteiger partial charge in [0.15, 0.2) is 0 Å². The number of ether oxygens (including phenoxy) is 1. The molecule has 0 unspecified atom stereocenters. The molecule has 0 N–H and O–H groups in total. The minimum absolute atomic E-state index is 0.127. The molecule has 13 heavy (non-hydrogen) atoms. The maximum absolute atomic E-state index is 10.5. The van der Waals surface area contributed by atoms with Gasteiger partial charge in [-0.25, -0.2) is 0 Å². The molecular formula is C8H6NO4. The number of carbonyl (C=O) groups is 1. The predicted octanol–water partition coefficient (Wildman–Crippen LogP) is 1.32. The highest BCUT2D eigenvalue weighted by Crippen LogP contribution is 2.18. The molecule has 0 fully saturated rings. The van der Waals surface area contributed by atoms with E-state index in [0.717, 1.165) is 6.07 Å². The molecular weight excluding hydrogens is 174 g/mol. The molecule has 0 heterocycles. The first kappa shape index (κ1) is 9.18. The first-order chi connectivity index (χ1) is 6.09. The van der Waals surface area contributed by atoms with Crippen molar-refractivity contribution in [3.63, 3.8) is 0 Å². The number of benzene rings is 1. The fourth-order valence-corrected chi connectivity index (χ4v) is 0.769. The van der Waals surface area contributed by atoms with Crippen LogP contribution in [0.5, 0.6) is 5.75 Å². The Kier molecular flexibility index (Phi) is 2.59. The smallest absolute Gasteiger partial charge is 0.308 e. The van der Waals surface area contributed by atoms with Crippen molar-refractivity contribution >= 4 is 11.7 Å². The summed E-state index contributed by atoms with van der Waals surface area (Å²) in [6.07, 6.45) is 0. The van der Waals surface area contributed by atoms with E-state index in [0.29, 0.717) is 0 Å². The number of carbonyl (C=O) groups excluding carboxylic acids is 1. The Hall–Kier alpha value is -1.91. The van der Waals surface area contributed by atoms with Crippen LogP contribution in [0.15, 0.2) is 18.2 Å². The summed E-state index contributed by atoms with van der Waals surface area (Å²) in [6, 6.07) is 6.22. The van der Waals surface area contributed by atoms with Crippen LogP contribution in [0.2, 0.25) is 0 Å². The Morgan fingerprint density at radius 1 is 1.62 bits per heavy atom. The van der Waals surface area contributed by atoms with E-state index >= 15 is 0 Å². The van der Waals surface area contributed by atoms with Crippen molar-refractivity contribution < 1.29 is 14.5 Å². The highest BCUT2D eigenvalue weighted by atomic mass is 16.6. The molecule has 0 saturated carbocycles. The molecule has 0 saturated heterocycles. The van der Waals surface area contributed by atoms with Gasteiger partial charge in [0, 0.05) is 13.0 Å². The van der Waals surface area contributed by atoms with E-state index in [-0.39, 0.29) is 11.4 Å². The lowest BCUT2D eigenvalue weighted by Crippen LogP contribution is -2.01. The molecule has 1 radical (unpaired) electrons. The van der Waals surface area contributed by atoms with E-state index in [1.165, 1.54) is 19.1 Å². The van der Waals surface area contributed by atoms with Crippen molar-refractivity contribution in [2.75, 3.05) is 0 Å². The third-order valence-electron chi connectivity index (χ3n) is 1.22. The van der Waals surface area contributed by atoms with Crippen molar-refractivity contribution in [2.24, 2.45) is 0 Å². The van der Waals surface area contributed by atoms with Gasteiger partial charge in [0.1, 0.15) is 5.75 Å². The van der Waals surface area contributed by atoms with E-state index in [1.54, 1.807) is 0 Å². The van der Waals surface area contributed by atoms with Crippen LogP contribution in [0, 0.1) is 16.2 Å². The third-order valence-corrected chi connectivity index (χ3v) is 1.22. The molecule has 1 aromatic rings. The SMILES string of the molecule is CC(=O)Oc1c[c]cc([N+](=O)[O-])c1. The molecule has 0 spiro atoms. The van der Waals surface area contributed by atoms with E-state index in [1.807, 2.05) is 0 Å². The Bertz CT molecular complexity index is 348. The summed E-state index contributed by atoms with van der Waals surface area (Å²) < 4.78 is 4.63. The molecule has 1 rings (SSSR count). The number of nitro groups is 1. The molecule has 1 aromatic carbocycles. The summed E-state index contributed by atoms with van der Waals surface area (Å²) in [7, 11) is 0. The predicted molar refractivity (Wildman–Crippen MR) is 43.2 cm³/mol. The first-order valence-corrected chi connectivity index (χ1v) is 3.43. The van der Waals surface area contributed by atoms with Crippen molar-refractivity contribution in [2.45, 2.75) is 6.92 Å². The summed E-state index contributed by atoms with van der Waals surface area (Å²) >= 11 is 0. The van der Waals surface area contributed by atoms with Crippen LogP contribution in [-0.4, -0.2) is 10.9 Å². The quantitative estimate of drug-likeness (QED) is 0.298. The second-order valence-corrected chi connectivity index (χ2v) is 2.28. The van der Waals surface area contributed by atoms with Crippen LogP contribution >= 0.6 is 0 Å². The second kappa shape index (κ2) is 3.66. The van der Waals surface area contributed by atoms with Gasteiger partial charge >= 0.3 is 5.97 Å². The maximum atomic E-state index is 10.5. The number of hydrogen-bond acceptors (Lipinski definition) is 4. The molecule has 0 bridgehead atoms. The van der Waals surface area contributed by atoms with Gasteiger partial charge in [0.05, 0.1) is 11.0 Å². The zero-order chi connectivity index (χ0) is 9.84. The number of nitro benzene ring substituents is 1. The first-order valence-electron chi connectivity index (χ1n) is 3.43. The monoisotopic (exact) mass is 180 g/mol. The van der Waals surface area contributed by atoms with Crippen molar-refractivity contribution in [3.05, 3.63) is 34.4 Å². The van der Waals surface area contributed by atoms with E-state index in [4.69, 9.17) is 0 Å². The van der Waals surface area contributed by atoms with Crippen LogP contribution < -0.4 is 4.74 Å². The van der Waals surface area contributed by atoms with Gasteiger partial charge in [-0.15, -0.1) is 0 Å². The van der Waals surface area contributed by atoms with Gasteiger partial charge in [-0.05, 0) is 12.1 Å². The van der Waals surface area contributed by atoms with Gasteiger partial charge in [-0.1, -0.05) is 0 Å². The molecule has 0 amide bonds. The fraction of sp³-hybridized carbons (Fsp3) is 0.125. The van der Waals surface area contributed by atoms with Crippen LogP contribution in [0.4, 0.5) is 5.69 Å². The molecule has 0 aliphatic carbocycles. The second-order valence-electron chi connectivity index (χ2n) is 2.28. The molecule has 0 atom stereocenters. The average molecular weight is 180 g/mol. The van der Waals surface area contributed by atoms with Gasteiger partial charge in [-0.3, -0.25) is 14.9 Å². The van der Waals surface area contributed by atoms with Crippen LogP contribution in [0.1, 0.15) is 6.92 Å². The number of non-ortho nitro benzene ring substituents is 1. The summed E-state index contributed by atoms with van der Waals surface area (Å²) in [5.41, 5.74) is -0.154. The Morgan fingerprint density at radius 3 is 2.85 bits per heavy atom. The van der Waals surface area contributed by atoms with Gasteiger partial charge in [0.25, 0.3) is 5.69 Å². The van der Waals surface area contributed by atoms with Crippen LogP contribution in [0.25, 0.3) is 0 Å². The molecule has 0 aromatic heterocycles. The van der Waals surface area contributed by atoms with Crippen molar-refractivity contribution in [1.82, 2.24) is 0 Å². The van der Waals surface area contributed by atoms with Gasteiger partial charge in [-0.2, -0.15) is 0 Å². The van der Waals surface area contributed by atoms with Crippen molar-refractivity contribution in [1.29, 1.82) is 0 Å². The van der Waals surface area contributed by atoms with E-state index in [9.17, 15) is 14.9 Å². The van der Waals surface area contributed by atoms with Crippen molar-refractivity contribution in [3.8, 4) is 5.75 Å². The van der Waals surface area contributed by atoms with Crippen LogP contribution in [0.3, 0.4) is 0 Å². The molecule has 0 aliphatic heterocycles. The Labute approximate surface area is 74.1 Å². The summed E-state index contributed by atoms with van der Waals surface area (Å²) in [5.74, 6) is -0.393. The summed E-state index contributed by atoms with van der Waals surface area (Å²) in [6.45, 7) is 1.22. The highest BCUT2D eigenvalue weighted by Gasteiger charge is 2.07. The van der Waals surface area contributed by atoms with E-state index in [2.05, 4.69) is 10.8 Å². The standard InChI is InChI=1S/C8H6NO4/c1-6(10)13-8-4-2-3-7(5-8)9(11)12/h3-5H,1H3. The highest BCUT2D eigenvalue weighted by molar-refractivity contribution is 5.69. The maximum Gasteiger partial charge on any atom is 0.308 e. The fourth-order valence-electron chi connectivity index (χ4n) is 0.769. The minimum atomic E-state index is -0.580. The van der Waals surface area contributed by atoms with Gasteiger partial charge in [0.2, 0.25) is 0 Å². The Balaban J connectivity index is 2.91. The lowest BCUT2D eigenvalue weighted by Gasteiger charge is -1.98. The molecule has 67 valence electrons. The lowest BCUT2D eigenvalue weighted by atomic mass is 10.3. The summed E-state index contributed by atoms with van der Waals surface area (Å²) in [5, 5.41) is 10.3. The largest absolute Gasteiger partial charge is 0.426 e. The third kappa shape index (κ3) is 2.55. The zero-order valence-electron chi connectivity index (χ0n) is 6.81. The Morgan fingerprint density at radius 2 is 2.31 bits per heavy atom. The molecule has 5 nitrogen and oxygen atoms in total. The summed E-state index contributed by atoms with van der Waals surface area (Å²) in [4.78, 5) is 20.2. The number of hydrogen-bond donors (Lipinski definition) is 0. The molecule has 0 aliphatic rings. The number of nitrogens with zero attached hydrogens (tertiary/aromatic N) is 1. The average Bonchev–Trinajstić information content (AvgIpc) is 2.03. The minimum Gasteiger partial charge on any atom is -0.426 e. The topological polar surface area (TPSA) is 69.4 Å². The normalized spacial score (nSPS) is 9.31.